The first-order valence-corrected chi connectivity index (χ1v) is 19.8. The number of rotatable bonds is 14. The molecule has 0 spiro atoms. The second kappa shape index (κ2) is 17.2. The van der Waals surface area contributed by atoms with E-state index in [1.54, 1.807) is 24.1 Å². The van der Waals surface area contributed by atoms with E-state index >= 15 is 0 Å². The lowest BCUT2D eigenvalue weighted by molar-refractivity contribution is -0.000812. The number of benzene rings is 5. The molecule has 58 heavy (non-hydrogen) atoms. The van der Waals surface area contributed by atoms with Crippen molar-refractivity contribution in [3.63, 3.8) is 0 Å². The van der Waals surface area contributed by atoms with E-state index < -0.39 is 18.2 Å². The van der Waals surface area contributed by atoms with Gasteiger partial charge in [-0.15, -0.1) is 0 Å². The van der Waals surface area contributed by atoms with Gasteiger partial charge in [0.15, 0.2) is 0 Å². The molecule has 6 aromatic rings. The lowest BCUT2D eigenvalue weighted by atomic mass is 9.81. The molecule has 5 N–H and O–H groups in total. The van der Waals surface area contributed by atoms with Gasteiger partial charge in [0.25, 0.3) is 0 Å². The molecule has 4 heterocycles. The molecular weight excluding hydrogens is 733 g/mol. The number of phenols is 1. The monoisotopic (exact) mass is 780 g/mol. The van der Waals surface area contributed by atoms with Gasteiger partial charge in [-0.25, -0.2) is 4.79 Å². The zero-order valence-electron chi connectivity index (χ0n) is 32.4. The topological polar surface area (TPSA) is 148 Å². The third-order valence-electron chi connectivity index (χ3n) is 11.7. The summed E-state index contributed by atoms with van der Waals surface area (Å²) in [6.45, 7) is 3.84. The summed E-state index contributed by atoms with van der Waals surface area (Å²) in [7, 11) is 1.63. The van der Waals surface area contributed by atoms with Crippen molar-refractivity contribution in [3.8, 4) is 28.4 Å². The highest BCUT2D eigenvalue weighted by molar-refractivity contribution is 5.87. The van der Waals surface area contributed by atoms with E-state index in [4.69, 9.17) is 9.47 Å². The van der Waals surface area contributed by atoms with Crippen LogP contribution in [0, 0.1) is 5.92 Å². The number of methoxy groups -OCH3 is 1. The normalized spacial score (nSPS) is 18.4. The van der Waals surface area contributed by atoms with E-state index in [1.165, 1.54) is 12.1 Å². The van der Waals surface area contributed by atoms with Gasteiger partial charge in [0.2, 0.25) is 5.56 Å². The van der Waals surface area contributed by atoms with Crippen LogP contribution in [0.5, 0.6) is 17.2 Å². The predicted molar refractivity (Wildman–Crippen MR) is 223 cm³/mol. The lowest BCUT2D eigenvalue weighted by Gasteiger charge is -2.50. The van der Waals surface area contributed by atoms with Gasteiger partial charge in [-0.3, -0.25) is 9.69 Å². The molecule has 0 unspecified atom stereocenters. The van der Waals surface area contributed by atoms with E-state index in [9.17, 15) is 24.9 Å². The first-order chi connectivity index (χ1) is 28.2. The number of hydrogen-bond acceptors (Lipinski definition) is 8. The number of nitrogens with one attached hydrogen (secondary N) is 2. The first-order valence-electron chi connectivity index (χ1n) is 19.8. The highest BCUT2D eigenvalue weighted by Crippen LogP contribution is 2.39. The Labute approximate surface area is 337 Å². The Morgan fingerprint density at radius 1 is 0.897 bits per heavy atom. The van der Waals surface area contributed by atoms with Gasteiger partial charge in [0.1, 0.15) is 23.9 Å². The number of H-pyrrole nitrogens is 1. The summed E-state index contributed by atoms with van der Waals surface area (Å²) in [5.74, 6) is 1.69. The van der Waals surface area contributed by atoms with Crippen LogP contribution in [0.2, 0.25) is 0 Å². The minimum absolute atomic E-state index is 0.0540. The molecule has 3 atom stereocenters. The second-order valence-corrected chi connectivity index (χ2v) is 15.2. The van der Waals surface area contributed by atoms with Crippen LogP contribution in [0.1, 0.15) is 52.8 Å². The summed E-state index contributed by atoms with van der Waals surface area (Å²) in [5, 5.41) is 35.9. The number of aromatic amines is 1. The van der Waals surface area contributed by atoms with Crippen molar-refractivity contribution < 1.29 is 29.6 Å². The van der Waals surface area contributed by atoms with Crippen molar-refractivity contribution in [2.24, 2.45) is 5.92 Å². The minimum Gasteiger partial charge on any atom is -0.506 e. The molecule has 11 nitrogen and oxygen atoms in total. The maximum absolute atomic E-state index is 13.1. The quantitative estimate of drug-likeness (QED) is 0.0760. The van der Waals surface area contributed by atoms with Crippen LogP contribution in [0.25, 0.3) is 22.0 Å². The fourth-order valence-corrected chi connectivity index (χ4v) is 8.68. The van der Waals surface area contributed by atoms with E-state index in [1.807, 2.05) is 78.9 Å². The van der Waals surface area contributed by atoms with Crippen LogP contribution in [0.4, 0.5) is 4.79 Å². The molecule has 2 bridgehead atoms. The molecule has 0 aliphatic carbocycles. The standard InChI is InChI=1S/C47H48N4O7/c1-57-43-18-14-34(24-36(43)26-48-27-42(53)38-15-17-41(52)45-39(38)16-19-44(54)49-45)31-12-10-30(11-13-31)29-58-37-9-5-8-35(25-37)46(33-6-3-2-4-7-33)51(47(55)56)40-28-50-22-20-32(40)21-23-50/h2-19,24-25,32,40,42,46,48,52-53H,20-23,26-29H2,1H3,(H,49,54)(H,55,56)/t40-,42-,46-/m0/s1. The summed E-state index contributed by atoms with van der Waals surface area (Å²) < 4.78 is 12.0. The van der Waals surface area contributed by atoms with Gasteiger partial charge >= 0.3 is 6.09 Å². The van der Waals surface area contributed by atoms with Gasteiger partial charge in [0, 0.05) is 36.7 Å². The van der Waals surface area contributed by atoms with E-state index in [0.29, 0.717) is 41.3 Å². The fourth-order valence-electron chi connectivity index (χ4n) is 8.68. The Hall–Kier alpha value is -6.14. The molecule has 9 rings (SSSR count). The van der Waals surface area contributed by atoms with Crippen LogP contribution in [0.15, 0.2) is 126 Å². The smallest absolute Gasteiger partial charge is 0.408 e. The largest absolute Gasteiger partial charge is 0.506 e. The summed E-state index contributed by atoms with van der Waals surface area (Å²) in [6, 6.07) is 37.5. The van der Waals surface area contributed by atoms with Crippen molar-refractivity contribution >= 4 is 17.0 Å². The number of nitrogens with zero attached hydrogens (tertiary/aromatic N) is 2. The number of amides is 1. The molecule has 5 aromatic carbocycles. The highest BCUT2D eigenvalue weighted by Gasteiger charge is 2.43. The molecule has 11 heteroatoms. The lowest BCUT2D eigenvalue weighted by Crippen LogP contribution is -2.59. The SMILES string of the molecule is COc1ccc(-c2ccc(COc3cccc([C@H](c4ccccc4)N(C(=O)O)[C@H]4CN5CCC4CC5)c3)cc2)cc1CNC[C@H](O)c1ccc(O)c2[nH]c(=O)ccc12. The molecule has 1 amide bonds. The van der Waals surface area contributed by atoms with Crippen LogP contribution < -0.4 is 20.3 Å². The van der Waals surface area contributed by atoms with Crippen molar-refractivity contribution in [2.75, 3.05) is 33.3 Å². The molecule has 0 radical (unpaired) electrons. The minimum atomic E-state index is -0.905. The summed E-state index contributed by atoms with van der Waals surface area (Å²) >= 11 is 0. The molecule has 1 aromatic heterocycles. The number of ether oxygens (including phenoxy) is 2. The van der Waals surface area contributed by atoms with Gasteiger partial charge < -0.3 is 40.0 Å². The molecule has 298 valence electrons. The van der Waals surface area contributed by atoms with Crippen molar-refractivity contribution in [2.45, 2.75) is 44.2 Å². The number of piperidine rings is 3. The Morgan fingerprint density at radius 3 is 2.38 bits per heavy atom. The first kappa shape index (κ1) is 38.7. The van der Waals surface area contributed by atoms with Gasteiger partial charge in [0.05, 0.1) is 30.8 Å². The number of aromatic hydroxyl groups is 1. The fraction of sp³-hybridized carbons (Fsp3) is 0.277. The molecule has 3 aliphatic rings. The maximum atomic E-state index is 13.1. The molecule has 3 saturated heterocycles. The predicted octanol–water partition coefficient (Wildman–Crippen LogP) is 7.48. The number of hydrogen-bond donors (Lipinski definition) is 5. The van der Waals surface area contributed by atoms with Crippen molar-refractivity contribution in [3.05, 3.63) is 159 Å². The van der Waals surface area contributed by atoms with Crippen LogP contribution >= 0.6 is 0 Å². The summed E-state index contributed by atoms with van der Waals surface area (Å²) in [4.78, 5) is 31.6. The van der Waals surface area contributed by atoms with Crippen molar-refractivity contribution in [1.82, 2.24) is 20.1 Å². The molecule has 0 saturated carbocycles. The zero-order chi connectivity index (χ0) is 40.2. The molecule has 3 aliphatic heterocycles. The van der Waals surface area contributed by atoms with Crippen LogP contribution in [-0.2, 0) is 13.2 Å². The maximum Gasteiger partial charge on any atom is 0.408 e. The van der Waals surface area contributed by atoms with E-state index in [0.717, 1.165) is 71.6 Å². The number of pyridine rings is 1. The number of fused-ring (bicyclic) bond motifs is 4. The number of carboxylic acid groups (broad SMARTS) is 1. The number of aliphatic hydroxyl groups is 1. The van der Waals surface area contributed by atoms with E-state index in [-0.39, 0.29) is 23.9 Å². The van der Waals surface area contributed by atoms with E-state index in [2.05, 4.69) is 33.4 Å². The summed E-state index contributed by atoms with van der Waals surface area (Å²) in [6.07, 6.45) is 0.248. The number of aromatic nitrogens is 1. The average Bonchev–Trinajstić information content (AvgIpc) is 3.26. The van der Waals surface area contributed by atoms with Gasteiger partial charge in [-0.2, -0.15) is 0 Å². The second-order valence-electron chi connectivity index (χ2n) is 15.2. The third kappa shape index (κ3) is 8.29. The molecular formula is C47H48N4O7. The number of aliphatic hydroxyl groups excluding tert-OH is 1. The average molecular weight is 781 g/mol. The van der Waals surface area contributed by atoms with Gasteiger partial charge in [-0.05, 0) is 102 Å². The summed E-state index contributed by atoms with van der Waals surface area (Å²) in [5.41, 5.74) is 6.30. The van der Waals surface area contributed by atoms with Crippen molar-refractivity contribution in [1.29, 1.82) is 0 Å². The van der Waals surface area contributed by atoms with Gasteiger partial charge in [-0.1, -0.05) is 78.9 Å². The van der Waals surface area contributed by atoms with Crippen LogP contribution in [0.3, 0.4) is 0 Å². The number of phenolic OH excluding ortho intramolecular Hbond substituents is 1. The number of carbonyl (C=O) groups is 1. The zero-order valence-corrected chi connectivity index (χ0v) is 32.4. The highest BCUT2D eigenvalue weighted by atomic mass is 16.5. The Balaban J connectivity index is 0.938. The third-order valence-corrected chi connectivity index (χ3v) is 11.7. The molecule has 3 fully saturated rings. The Morgan fingerprint density at radius 2 is 1.66 bits per heavy atom. The van der Waals surface area contributed by atoms with Crippen LogP contribution in [-0.4, -0.2) is 75.5 Å². The Bertz CT molecular complexity index is 2430. The Kier molecular flexibility index (Phi) is 11.5.